The maximum atomic E-state index is 5.20. The Kier molecular flexibility index (Phi) is 5.29. The molecule has 4 heteroatoms. The second-order valence-electron chi connectivity index (χ2n) is 10.0. The van der Waals surface area contributed by atoms with E-state index in [1.165, 1.54) is 27.1 Å². The third kappa shape index (κ3) is 3.64. The third-order valence-electron chi connectivity index (χ3n) is 7.63. The first-order valence-corrected chi connectivity index (χ1v) is 14.1. The normalized spacial score (nSPS) is 11.6. The van der Waals surface area contributed by atoms with Gasteiger partial charge in [0.15, 0.2) is 5.82 Å². The van der Waals surface area contributed by atoms with Crippen molar-refractivity contribution in [2.75, 3.05) is 0 Å². The minimum Gasteiger partial charge on any atom is -0.309 e. The summed E-state index contributed by atoms with van der Waals surface area (Å²) in [5.74, 6) is 0.719. The highest BCUT2D eigenvalue weighted by Gasteiger charge is 2.16. The molecule has 0 saturated carbocycles. The molecule has 2 heterocycles. The summed E-state index contributed by atoms with van der Waals surface area (Å²) in [6.07, 6.45) is 0. The molecule has 0 amide bonds. The van der Waals surface area contributed by atoms with Gasteiger partial charge in [0.05, 0.1) is 22.2 Å². The Morgan fingerprint density at radius 1 is 0.500 bits per heavy atom. The molecule has 0 N–H and O–H groups in total. The fourth-order valence-electron chi connectivity index (χ4n) is 5.79. The van der Waals surface area contributed by atoms with Gasteiger partial charge < -0.3 is 4.57 Å². The fraction of sp³-hybridized carbons (Fsp3) is 0. The monoisotopic (exact) mass is 575 g/mol. The van der Waals surface area contributed by atoms with Gasteiger partial charge in [-0.25, -0.2) is 9.97 Å². The van der Waals surface area contributed by atoms with Crippen molar-refractivity contribution in [3.63, 3.8) is 0 Å². The van der Waals surface area contributed by atoms with Crippen molar-refractivity contribution in [2.24, 2.45) is 0 Å². The fourth-order valence-corrected chi connectivity index (χ4v) is 6.40. The van der Waals surface area contributed by atoms with Crippen molar-refractivity contribution in [3.8, 4) is 28.3 Å². The predicted molar refractivity (Wildman–Crippen MR) is 170 cm³/mol. The van der Waals surface area contributed by atoms with Crippen molar-refractivity contribution >= 4 is 59.4 Å². The first-order valence-electron chi connectivity index (χ1n) is 13.3. The van der Waals surface area contributed by atoms with E-state index in [1.807, 2.05) is 6.07 Å². The van der Waals surface area contributed by atoms with Crippen molar-refractivity contribution in [1.29, 1.82) is 0 Å². The molecular weight excluding hydrogens is 554 g/mol. The number of benzene rings is 6. The molecule has 0 saturated heterocycles. The van der Waals surface area contributed by atoms with Crippen LogP contribution in [0.1, 0.15) is 0 Å². The van der Waals surface area contributed by atoms with E-state index < -0.39 is 0 Å². The summed E-state index contributed by atoms with van der Waals surface area (Å²) in [5, 5.41) is 5.79. The zero-order valence-corrected chi connectivity index (χ0v) is 23.0. The molecule has 0 aliphatic carbocycles. The van der Waals surface area contributed by atoms with Gasteiger partial charge in [-0.15, -0.1) is 0 Å². The molecule has 0 unspecified atom stereocenters. The smallest absolute Gasteiger partial charge is 0.160 e. The van der Waals surface area contributed by atoms with Gasteiger partial charge in [-0.05, 0) is 65.4 Å². The molecule has 0 fully saturated rings. The lowest BCUT2D eigenvalue weighted by molar-refractivity contribution is 1.18. The highest BCUT2D eigenvalue weighted by atomic mass is 79.9. The molecular formula is C36H22BrN3. The lowest BCUT2D eigenvalue weighted by atomic mass is 10.0. The molecule has 0 spiro atoms. The van der Waals surface area contributed by atoms with E-state index in [0.717, 1.165) is 49.2 Å². The van der Waals surface area contributed by atoms with Crippen LogP contribution in [0.2, 0.25) is 0 Å². The van der Waals surface area contributed by atoms with Crippen molar-refractivity contribution in [2.45, 2.75) is 0 Å². The van der Waals surface area contributed by atoms with Gasteiger partial charge in [0.25, 0.3) is 0 Å². The van der Waals surface area contributed by atoms with Crippen LogP contribution >= 0.6 is 15.9 Å². The first-order chi connectivity index (χ1) is 19.7. The van der Waals surface area contributed by atoms with Gasteiger partial charge in [0.1, 0.15) is 0 Å². The minimum atomic E-state index is 0.719. The van der Waals surface area contributed by atoms with Crippen LogP contribution in [-0.2, 0) is 0 Å². The Morgan fingerprint density at radius 3 is 2.08 bits per heavy atom. The topological polar surface area (TPSA) is 30.7 Å². The summed E-state index contributed by atoms with van der Waals surface area (Å²) in [7, 11) is 0. The van der Waals surface area contributed by atoms with E-state index >= 15 is 0 Å². The Bertz CT molecular complexity index is 2230. The van der Waals surface area contributed by atoms with Crippen LogP contribution in [0.4, 0.5) is 0 Å². The van der Waals surface area contributed by atoms with Crippen LogP contribution in [0, 0.1) is 0 Å². The quantitative estimate of drug-likeness (QED) is 0.210. The predicted octanol–water partition coefficient (Wildman–Crippen LogP) is 9.98. The summed E-state index contributed by atoms with van der Waals surface area (Å²) in [4.78, 5) is 10.2. The zero-order chi connectivity index (χ0) is 26.6. The molecule has 3 nitrogen and oxygen atoms in total. The van der Waals surface area contributed by atoms with E-state index in [4.69, 9.17) is 9.97 Å². The number of para-hydroxylation sites is 3. The minimum absolute atomic E-state index is 0.719. The van der Waals surface area contributed by atoms with Gasteiger partial charge in [0, 0.05) is 37.4 Å². The maximum Gasteiger partial charge on any atom is 0.160 e. The highest BCUT2D eigenvalue weighted by molar-refractivity contribution is 9.10. The van der Waals surface area contributed by atoms with Crippen LogP contribution < -0.4 is 0 Å². The molecule has 6 aromatic carbocycles. The molecule has 0 atom stereocenters. The second kappa shape index (κ2) is 9.15. The van der Waals surface area contributed by atoms with Crippen LogP contribution in [0.5, 0.6) is 0 Å². The number of hydrogen-bond acceptors (Lipinski definition) is 2. The standard InChI is InChI=1S/C36H22BrN3/c37-31-22-25(20-23-10-4-5-13-27(23)31)35-29-15-6-8-16-32(29)38-36(39-35)24-18-19-34-30(21-24)28-14-7-9-17-33(28)40(34)26-11-2-1-3-12-26/h1-22H. The molecule has 2 aromatic heterocycles. The lowest BCUT2D eigenvalue weighted by Crippen LogP contribution is -1.96. The number of rotatable bonds is 3. The summed E-state index contributed by atoms with van der Waals surface area (Å²) in [6, 6.07) is 46.7. The maximum absolute atomic E-state index is 5.20. The molecule has 0 aliphatic heterocycles. The summed E-state index contributed by atoms with van der Waals surface area (Å²) >= 11 is 3.80. The number of nitrogens with zero attached hydrogens (tertiary/aromatic N) is 3. The zero-order valence-electron chi connectivity index (χ0n) is 21.4. The summed E-state index contributed by atoms with van der Waals surface area (Å²) < 4.78 is 3.38. The molecule has 8 rings (SSSR count). The first kappa shape index (κ1) is 23.1. The van der Waals surface area contributed by atoms with Crippen LogP contribution in [-0.4, -0.2) is 14.5 Å². The number of fused-ring (bicyclic) bond motifs is 5. The Hall–Kier alpha value is -4.80. The number of hydrogen-bond donors (Lipinski definition) is 0. The Labute approximate surface area is 239 Å². The average molecular weight is 576 g/mol. The van der Waals surface area contributed by atoms with Gasteiger partial charge in [-0.2, -0.15) is 0 Å². The Balaban J connectivity index is 1.37. The molecule has 40 heavy (non-hydrogen) atoms. The average Bonchev–Trinajstić information content (AvgIpc) is 3.34. The van der Waals surface area contributed by atoms with Gasteiger partial charge >= 0.3 is 0 Å². The molecule has 0 bridgehead atoms. The van der Waals surface area contributed by atoms with E-state index in [0.29, 0.717) is 0 Å². The van der Waals surface area contributed by atoms with E-state index in [2.05, 4.69) is 148 Å². The SMILES string of the molecule is Brc1cc(-c2nc(-c3ccc4c(c3)c3ccccc3n4-c3ccccc3)nc3ccccc23)cc2ccccc12. The molecule has 0 radical (unpaired) electrons. The van der Waals surface area contributed by atoms with Crippen molar-refractivity contribution < 1.29 is 0 Å². The molecule has 188 valence electrons. The van der Waals surface area contributed by atoms with Crippen molar-refractivity contribution in [1.82, 2.24) is 14.5 Å². The largest absolute Gasteiger partial charge is 0.309 e. The van der Waals surface area contributed by atoms with Gasteiger partial charge in [-0.3, -0.25) is 0 Å². The van der Waals surface area contributed by atoms with Crippen LogP contribution in [0.25, 0.3) is 71.8 Å². The number of halogens is 1. The van der Waals surface area contributed by atoms with E-state index in [1.54, 1.807) is 0 Å². The highest BCUT2D eigenvalue weighted by Crippen LogP contribution is 2.37. The van der Waals surface area contributed by atoms with E-state index in [9.17, 15) is 0 Å². The van der Waals surface area contributed by atoms with Gasteiger partial charge in [0.2, 0.25) is 0 Å². The summed E-state index contributed by atoms with van der Waals surface area (Å²) in [6.45, 7) is 0. The Morgan fingerprint density at radius 2 is 1.20 bits per heavy atom. The number of aromatic nitrogens is 3. The molecule has 0 aliphatic rings. The molecule has 8 aromatic rings. The lowest BCUT2D eigenvalue weighted by Gasteiger charge is -2.12. The van der Waals surface area contributed by atoms with Gasteiger partial charge in [-0.1, -0.05) is 94.8 Å². The van der Waals surface area contributed by atoms with Crippen LogP contribution in [0.3, 0.4) is 0 Å². The third-order valence-corrected chi connectivity index (χ3v) is 8.29. The van der Waals surface area contributed by atoms with Crippen molar-refractivity contribution in [3.05, 3.63) is 138 Å². The van der Waals surface area contributed by atoms with Crippen LogP contribution in [0.15, 0.2) is 138 Å². The second-order valence-corrected chi connectivity index (χ2v) is 10.9. The van der Waals surface area contributed by atoms with E-state index in [-0.39, 0.29) is 0 Å². The summed E-state index contributed by atoms with van der Waals surface area (Å²) in [5.41, 5.74) is 7.41.